The molecule has 2 unspecified atom stereocenters. The molecule has 0 aromatic rings. The van der Waals surface area contributed by atoms with Crippen molar-refractivity contribution in [2.75, 3.05) is 33.3 Å². The van der Waals surface area contributed by atoms with Gasteiger partial charge in [0.25, 0.3) is 0 Å². The highest BCUT2D eigenvalue weighted by Gasteiger charge is 2.16. The van der Waals surface area contributed by atoms with Crippen molar-refractivity contribution in [3.63, 3.8) is 0 Å². The van der Waals surface area contributed by atoms with Gasteiger partial charge in [0.1, 0.15) is 0 Å². The number of carbonyl (C=O) groups is 1. The smallest absolute Gasteiger partial charge is 0.236 e. The minimum Gasteiger partial charge on any atom is -0.393 e. The van der Waals surface area contributed by atoms with Crippen LogP contribution in [-0.2, 0) is 9.53 Å². The molecule has 1 amide bonds. The zero-order chi connectivity index (χ0) is 12.7. The molecular formula is C12H25ClN2O3. The van der Waals surface area contributed by atoms with Gasteiger partial charge in [0, 0.05) is 26.7 Å². The number of amides is 1. The molecule has 0 bridgehead atoms. The summed E-state index contributed by atoms with van der Waals surface area (Å²) in [4.78, 5) is 13.3. The fraction of sp³-hybridized carbons (Fsp3) is 0.917. The molecule has 1 aliphatic heterocycles. The number of ether oxygens (including phenoxy) is 1. The van der Waals surface area contributed by atoms with Crippen molar-refractivity contribution in [1.29, 1.82) is 0 Å². The molecule has 0 aliphatic carbocycles. The van der Waals surface area contributed by atoms with Crippen molar-refractivity contribution in [2.45, 2.75) is 38.4 Å². The van der Waals surface area contributed by atoms with Crippen LogP contribution in [0.4, 0.5) is 0 Å². The maximum absolute atomic E-state index is 11.7. The van der Waals surface area contributed by atoms with Gasteiger partial charge in [0.2, 0.25) is 5.91 Å². The van der Waals surface area contributed by atoms with Gasteiger partial charge < -0.3 is 20.1 Å². The van der Waals surface area contributed by atoms with Crippen LogP contribution in [-0.4, -0.2) is 61.4 Å². The highest BCUT2D eigenvalue weighted by Crippen LogP contribution is 2.10. The Kier molecular flexibility index (Phi) is 9.36. The van der Waals surface area contributed by atoms with E-state index in [1.54, 1.807) is 18.9 Å². The number of aliphatic hydroxyl groups is 1. The molecule has 1 aliphatic rings. The van der Waals surface area contributed by atoms with Gasteiger partial charge in [-0.15, -0.1) is 12.4 Å². The third-order valence-corrected chi connectivity index (χ3v) is 2.98. The molecule has 18 heavy (non-hydrogen) atoms. The highest BCUT2D eigenvalue weighted by molar-refractivity contribution is 5.85. The summed E-state index contributed by atoms with van der Waals surface area (Å²) in [5.74, 6) is 0.0589. The lowest BCUT2D eigenvalue weighted by Gasteiger charge is -2.19. The van der Waals surface area contributed by atoms with E-state index in [1.807, 2.05) is 0 Å². The SMILES string of the molecule is CC(O)CCN(C)C(=O)CNCC1CCCO1.Cl. The van der Waals surface area contributed by atoms with Crippen LogP contribution in [0.3, 0.4) is 0 Å². The molecule has 2 atom stereocenters. The predicted molar refractivity (Wildman–Crippen MR) is 73.0 cm³/mol. The Labute approximate surface area is 115 Å². The summed E-state index contributed by atoms with van der Waals surface area (Å²) in [6, 6.07) is 0. The largest absolute Gasteiger partial charge is 0.393 e. The number of hydrogen-bond donors (Lipinski definition) is 2. The van der Waals surface area contributed by atoms with Crippen LogP contribution in [0.2, 0.25) is 0 Å². The minimum absolute atomic E-state index is 0. The van der Waals surface area contributed by atoms with Crippen LogP contribution >= 0.6 is 12.4 Å². The molecule has 0 spiro atoms. The van der Waals surface area contributed by atoms with E-state index in [1.165, 1.54) is 0 Å². The van der Waals surface area contributed by atoms with Crippen molar-refractivity contribution < 1.29 is 14.6 Å². The molecule has 108 valence electrons. The molecule has 5 nitrogen and oxygen atoms in total. The van der Waals surface area contributed by atoms with Crippen LogP contribution in [0.15, 0.2) is 0 Å². The molecule has 1 rings (SSSR count). The van der Waals surface area contributed by atoms with Crippen LogP contribution in [0.1, 0.15) is 26.2 Å². The lowest BCUT2D eigenvalue weighted by atomic mass is 10.2. The number of aliphatic hydroxyl groups excluding tert-OH is 1. The molecule has 2 N–H and O–H groups in total. The number of likely N-dealkylation sites (N-methyl/N-ethyl adjacent to an activating group) is 1. The van der Waals surface area contributed by atoms with E-state index in [2.05, 4.69) is 5.32 Å². The molecule has 1 fully saturated rings. The number of rotatable bonds is 7. The third-order valence-electron chi connectivity index (χ3n) is 2.98. The summed E-state index contributed by atoms with van der Waals surface area (Å²) in [5.41, 5.74) is 0. The Bertz CT molecular complexity index is 233. The Hall–Kier alpha value is -0.360. The first-order chi connectivity index (χ1) is 8.09. The van der Waals surface area contributed by atoms with Crippen molar-refractivity contribution in [3.05, 3.63) is 0 Å². The zero-order valence-electron chi connectivity index (χ0n) is 11.2. The summed E-state index contributed by atoms with van der Waals surface area (Å²) in [6.07, 6.45) is 2.73. The predicted octanol–water partition coefficient (Wildman–Crippen LogP) is 0.406. The number of nitrogens with zero attached hydrogens (tertiary/aromatic N) is 1. The second-order valence-corrected chi connectivity index (χ2v) is 4.72. The number of hydrogen-bond acceptors (Lipinski definition) is 4. The number of nitrogens with one attached hydrogen (secondary N) is 1. The topological polar surface area (TPSA) is 61.8 Å². The molecule has 1 saturated heterocycles. The molecule has 0 saturated carbocycles. The second-order valence-electron chi connectivity index (χ2n) is 4.72. The lowest BCUT2D eigenvalue weighted by Crippen LogP contribution is -2.39. The van der Waals surface area contributed by atoms with E-state index in [0.717, 1.165) is 26.0 Å². The van der Waals surface area contributed by atoms with Gasteiger partial charge >= 0.3 is 0 Å². The van der Waals surface area contributed by atoms with Gasteiger partial charge in [0.05, 0.1) is 18.8 Å². The van der Waals surface area contributed by atoms with E-state index in [4.69, 9.17) is 9.84 Å². The summed E-state index contributed by atoms with van der Waals surface area (Å²) in [5, 5.41) is 12.2. The van der Waals surface area contributed by atoms with E-state index in [0.29, 0.717) is 19.5 Å². The number of halogens is 1. The van der Waals surface area contributed by atoms with Gasteiger partial charge in [-0.1, -0.05) is 0 Å². The quantitative estimate of drug-likeness (QED) is 0.709. The van der Waals surface area contributed by atoms with Crippen molar-refractivity contribution in [3.8, 4) is 0 Å². The fourth-order valence-electron chi connectivity index (χ4n) is 1.79. The van der Waals surface area contributed by atoms with Crippen molar-refractivity contribution in [2.24, 2.45) is 0 Å². The molecule has 0 radical (unpaired) electrons. The standard InChI is InChI=1S/C12H24N2O3.ClH/c1-10(15)5-6-14(2)12(16)9-13-8-11-4-3-7-17-11;/h10-11,13,15H,3-9H2,1-2H3;1H. The van der Waals surface area contributed by atoms with E-state index in [9.17, 15) is 4.79 Å². The van der Waals surface area contributed by atoms with Gasteiger partial charge in [-0.3, -0.25) is 4.79 Å². The summed E-state index contributed by atoms with van der Waals surface area (Å²) < 4.78 is 5.45. The normalized spacial score (nSPS) is 20.3. The minimum atomic E-state index is -0.356. The first-order valence-electron chi connectivity index (χ1n) is 6.34. The lowest BCUT2D eigenvalue weighted by molar-refractivity contribution is -0.129. The van der Waals surface area contributed by atoms with Gasteiger partial charge in [-0.25, -0.2) is 0 Å². The van der Waals surface area contributed by atoms with Crippen molar-refractivity contribution >= 4 is 18.3 Å². The van der Waals surface area contributed by atoms with E-state index >= 15 is 0 Å². The van der Waals surface area contributed by atoms with Gasteiger partial charge in [-0.05, 0) is 26.2 Å². The van der Waals surface area contributed by atoms with Crippen molar-refractivity contribution in [1.82, 2.24) is 10.2 Å². The second kappa shape index (κ2) is 9.55. The van der Waals surface area contributed by atoms with E-state index < -0.39 is 0 Å². The highest BCUT2D eigenvalue weighted by atomic mass is 35.5. The maximum Gasteiger partial charge on any atom is 0.236 e. The summed E-state index contributed by atoms with van der Waals surface area (Å²) >= 11 is 0. The number of carbonyl (C=O) groups excluding carboxylic acids is 1. The molecular weight excluding hydrogens is 256 g/mol. The average molecular weight is 281 g/mol. The zero-order valence-corrected chi connectivity index (χ0v) is 12.0. The Balaban J connectivity index is 0.00000289. The van der Waals surface area contributed by atoms with E-state index in [-0.39, 0.29) is 30.5 Å². The Morgan fingerprint density at radius 2 is 2.33 bits per heavy atom. The Morgan fingerprint density at radius 3 is 2.89 bits per heavy atom. The van der Waals surface area contributed by atoms with Crippen LogP contribution in [0.5, 0.6) is 0 Å². The average Bonchev–Trinajstić information content (AvgIpc) is 2.78. The molecule has 1 heterocycles. The van der Waals surface area contributed by atoms with Gasteiger partial charge in [0.15, 0.2) is 0 Å². The summed E-state index contributed by atoms with van der Waals surface area (Å²) in [6.45, 7) is 4.26. The van der Waals surface area contributed by atoms with Gasteiger partial charge in [-0.2, -0.15) is 0 Å². The first-order valence-corrected chi connectivity index (χ1v) is 6.34. The fourth-order valence-corrected chi connectivity index (χ4v) is 1.79. The van der Waals surface area contributed by atoms with Crippen LogP contribution in [0.25, 0.3) is 0 Å². The monoisotopic (exact) mass is 280 g/mol. The first kappa shape index (κ1) is 17.6. The summed E-state index contributed by atoms with van der Waals surface area (Å²) in [7, 11) is 1.76. The molecule has 0 aromatic carbocycles. The molecule has 0 aromatic heterocycles. The van der Waals surface area contributed by atoms with Crippen LogP contribution < -0.4 is 5.32 Å². The van der Waals surface area contributed by atoms with Crippen LogP contribution in [0, 0.1) is 0 Å². The molecule has 6 heteroatoms. The maximum atomic E-state index is 11.7. The Morgan fingerprint density at radius 1 is 1.61 bits per heavy atom. The third kappa shape index (κ3) is 7.16.